The van der Waals surface area contributed by atoms with Crippen molar-refractivity contribution in [2.24, 2.45) is 0 Å². The molecule has 0 atom stereocenters. The predicted octanol–water partition coefficient (Wildman–Crippen LogP) is 3.23. The topological polar surface area (TPSA) is 117 Å². The number of carbonyl (C=O) groups excluding carboxylic acids is 1. The maximum absolute atomic E-state index is 12.4. The van der Waals surface area contributed by atoms with Gasteiger partial charge in [-0.3, -0.25) is 0 Å². The minimum Gasteiger partial charge on any atom is -0.507 e. The number of aliphatic hydroxyl groups is 1. The van der Waals surface area contributed by atoms with E-state index in [1.165, 1.54) is 20.3 Å². The third-order valence-electron chi connectivity index (χ3n) is 3.99. The van der Waals surface area contributed by atoms with Crippen LogP contribution < -0.4 is 9.47 Å². The summed E-state index contributed by atoms with van der Waals surface area (Å²) in [7, 11) is 2.89. The normalized spacial score (nSPS) is 11.5. The first-order valence-electron chi connectivity index (χ1n) is 8.24. The fourth-order valence-corrected chi connectivity index (χ4v) is 2.58. The number of H-pyrrole nitrogens is 1. The number of nitrogens with one attached hydrogen (secondary N) is 1. The lowest BCUT2D eigenvalue weighted by Gasteiger charge is -2.10. The second-order valence-corrected chi connectivity index (χ2v) is 5.68. The summed E-state index contributed by atoms with van der Waals surface area (Å²) in [6, 6.07) is 13.8. The van der Waals surface area contributed by atoms with Crippen LogP contribution in [0.2, 0.25) is 0 Å². The number of aromatic nitrogens is 2. The Kier molecular flexibility index (Phi) is 5.46. The number of nitrogens with zero attached hydrogens (tertiary/aromatic N) is 2. The third kappa shape index (κ3) is 3.73. The van der Waals surface area contributed by atoms with Crippen molar-refractivity contribution in [2.75, 3.05) is 20.8 Å². The van der Waals surface area contributed by atoms with Gasteiger partial charge in [0.15, 0.2) is 11.6 Å². The number of rotatable bonds is 6. The molecule has 0 radical (unpaired) electrons. The lowest BCUT2D eigenvalue weighted by molar-refractivity contribution is 0.0498. The molecule has 2 aromatic carbocycles. The van der Waals surface area contributed by atoms with Gasteiger partial charge in [-0.15, -0.1) is 0 Å². The number of fused-ring (bicyclic) bond motifs is 1. The van der Waals surface area contributed by atoms with Crippen LogP contribution in [0.3, 0.4) is 0 Å². The van der Waals surface area contributed by atoms with Crippen LogP contribution in [0.4, 0.5) is 0 Å². The molecule has 0 fully saturated rings. The maximum atomic E-state index is 12.4. The van der Waals surface area contributed by atoms with Crippen LogP contribution in [0, 0.1) is 11.3 Å². The van der Waals surface area contributed by atoms with Gasteiger partial charge in [0.1, 0.15) is 35.3 Å². The van der Waals surface area contributed by atoms with Crippen molar-refractivity contribution >= 4 is 22.6 Å². The lowest BCUT2D eigenvalue weighted by atomic mass is 10.2. The molecule has 0 saturated carbocycles. The van der Waals surface area contributed by atoms with E-state index in [-0.39, 0.29) is 17.0 Å². The van der Waals surface area contributed by atoms with E-state index in [9.17, 15) is 15.2 Å². The van der Waals surface area contributed by atoms with E-state index in [2.05, 4.69) is 9.97 Å². The van der Waals surface area contributed by atoms with E-state index in [0.717, 1.165) is 5.52 Å². The first kappa shape index (κ1) is 18.8. The number of carbonyl (C=O) groups is 1. The van der Waals surface area contributed by atoms with Crippen LogP contribution in [0.25, 0.3) is 16.6 Å². The van der Waals surface area contributed by atoms with Gasteiger partial charge < -0.3 is 24.3 Å². The Balaban J connectivity index is 1.82. The minimum absolute atomic E-state index is 0.110. The van der Waals surface area contributed by atoms with E-state index in [1.807, 2.05) is 18.2 Å². The zero-order valence-electron chi connectivity index (χ0n) is 15.2. The number of hydrogen-bond acceptors (Lipinski definition) is 7. The van der Waals surface area contributed by atoms with Crippen LogP contribution in [-0.4, -0.2) is 41.9 Å². The zero-order valence-corrected chi connectivity index (χ0v) is 15.2. The number of ether oxygens (including phenoxy) is 3. The van der Waals surface area contributed by atoms with Crippen molar-refractivity contribution in [1.29, 1.82) is 5.26 Å². The van der Waals surface area contributed by atoms with Crippen molar-refractivity contribution in [3.05, 3.63) is 59.6 Å². The molecule has 0 amide bonds. The lowest BCUT2D eigenvalue weighted by Crippen LogP contribution is -2.11. The molecule has 1 heterocycles. The largest absolute Gasteiger partial charge is 0.507 e. The van der Waals surface area contributed by atoms with Gasteiger partial charge in [-0.1, -0.05) is 12.1 Å². The molecule has 0 aliphatic carbocycles. The Bertz CT molecular complexity index is 1060. The average Bonchev–Trinajstić information content (AvgIpc) is 3.15. The molecule has 0 unspecified atom stereocenters. The maximum Gasteiger partial charge on any atom is 0.342 e. The number of benzene rings is 2. The van der Waals surface area contributed by atoms with Crippen molar-refractivity contribution in [3.8, 4) is 17.6 Å². The van der Waals surface area contributed by atoms with Gasteiger partial charge in [0.05, 0.1) is 25.3 Å². The van der Waals surface area contributed by atoms with E-state index < -0.39 is 18.3 Å². The number of hydrogen-bond donors (Lipinski definition) is 2. The molecule has 3 aromatic rings. The summed E-state index contributed by atoms with van der Waals surface area (Å²) < 4.78 is 15.4. The summed E-state index contributed by atoms with van der Waals surface area (Å²) in [5.41, 5.74) is 1.39. The molecule has 0 saturated heterocycles. The van der Waals surface area contributed by atoms with Gasteiger partial charge in [-0.05, 0) is 30.3 Å². The second-order valence-electron chi connectivity index (χ2n) is 5.68. The number of esters is 1. The van der Waals surface area contributed by atoms with Crippen LogP contribution in [0.15, 0.2) is 48.2 Å². The van der Waals surface area contributed by atoms with Crippen LogP contribution >= 0.6 is 0 Å². The highest BCUT2D eigenvalue weighted by molar-refractivity contribution is 5.93. The monoisotopic (exact) mass is 379 g/mol. The molecule has 0 aliphatic heterocycles. The molecule has 8 heteroatoms. The van der Waals surface area contributed by atoms with Gasteiger partial charge >= 0.3 is 5.97 Å². The first-order chi connectivity index (χ1) is 13.6. The summed E-state index contributed by atoms with van der Waals surface area (Å²) in [5.74, 6) is -0.211. The molecule has 0 bridgehead atoms. The van der Waals surface area contributed by atoms with Gasteiger partial charge in [0, 0.05) is 0 Å². The fourth-order valence-electron chi connectivity index (χ4n) is 2.58. The highest BCUT2D eigenvalue weighted by atomic mass is 16.5. The van der Waals surface area contributed by atoms with Gasteiger partial charge in [0.2, 0.25) is 0 Å². The quantitative estimate of drug-likeness (QED) is 0.383. The number of aromatic amines is 1. The van der Waals surface area contributed by atoms with Crippen molar-refractivity contribution in [1.82, 2.24) is 9.97 Å². The van der Waals surface area contributed by atoms with Crippen molar-refractivity contribution in [3.63, 3.8) is 0 Å². The van der Waals surface area contributed by atoms with E-state index in [4.69, 9.17) is 14.2 Å². The smallest absolute Gasteiger partial charge is 0.342 e. The summed E-state index contributed by atoms with van der Waals surface area (Å²) in [4.78, 5) is 19.6. The SMILES string of the molecule is COc1ccc(OC)c(C(=O)OC/C(O)=C(\C#N)c2nc3ccccc3[nH]2)c1. The minimum atomic E-state index is -0.732. The Hall–Kier alpha value is -3.99. The number of aliphatic hydroxyl groups excluding tert-OH is 1. The highest BCUT2D eigenvalue weighted by Crippen LogP contribution is 2.25. The number of para-hydroxylation sites is 2. The number of nitriles is 1. The molecule has 8 nitrogen and oxygen atoms in total. The summed E-state index contributed by atoms with van der Waals surface area (Å²) in [6.45, 7) is -0.501. The Labute approximate surface area is 160 Å². The molecule has 0 spiro atoms. The number of imidazole rings is 1. The molecule has 2 N–H and O–H groups in total. The van der Waals surface area contributed by atoms with E-state index >= 15 is 0 Å². The Morgan fingerprint density at radius 2 is 2.00 bits per heavy atom. The molecule has 3 rings (SSSR count). The summed E-state index contributed by atoms with van der Waals surface area (Å²) >= 11 is 0. The van der Waals surface area contributed by atoms with Crippen LogP contribution in [-0.2, 0) is 4.74 Å². The summed E-state index contributed by atoms with van der Waals surface area (Å²) in [6.07, 6.45) is 0. The fraction of sp³-hybridized carbons (Fsp3) is 0.150. The van der Waals surface area contributed by atoms with Crippen molar-refractivity contribution < 1.29 is 24.1 Å². The molecule has 142 valence electrons. The third-order valence-corrected chi connectivity index (χ3v) is 3.99. The predicted molar refractivity (Wildman–Crippen MR) is 101 cm³/mol. The van der Waals surface area contributed by atoms with Gasteiger partial charge in [-0.2, -0.15) is 5.26 Å². The van der Waals surface area contributed by atoms with Crippen molar-refractivity contribution in [2.45, 2.75) is 0 Å². The molecular weight excluding hydrogens is 362 g/mol. The average molecular weight is 379 g/mol. The van der Waals surface area contributed by atoms with Crippen LogP contribution in [0.1, 0.15) is 16.2 Å². The molecule has 0 aliphatic rings. The molecule has 1 aromatic heterocycles. The standard InChI is InChI=1S/C20H17N3O5/c1-26-12-7-8-18(27-2)13(9-12)20(25)28-11-17(24)14(10-21)19-22-15-5-3-4-6-16(15)23-19/h3-9,24H,11H2,1-2H3,(H,22,23)/b17-14-. The number of methoxy groups -OCH3 is 2. The van der Waals surface area contributed by atoms with Crippen LogP contribution in [0.5, 0.6) is 11.5 Å². The van der Waals surface area contributed by atoms with E-state index in [0.29, 0.717) is 17.0 Å². The van der Waals surface area contributed by atoms with Gasteiger partial charge in [-0.25, -0.2) is 9.78 Å². The van der Waals surface area contributed by atoms with E-state index in [1.54, 1.807) is 24.3 Å². The second kappa shape index (κ2) is 8.14. The molecular formula is C20H17N3O5. The highest BCUT2D eigenvalue weighted by Gasteiger charge is 2.18. The Morgan fingerprint density at radius 1 is 1.21 bits per heavy atom. The summed E-state index contributed by atoms with van der Waals surface area (Å²) in [5, 5.41) is 19.7. The molecule has 28 heavy (non-hydrogen) atoms. The zero-order chi connectivity index (χ0) is 20.1. The Morgan fingerprint density at radius 3 is 2.68 bits per heavy atom. The number of allylic oxidation sites excluding steroid dienone is 1. The van der Waals surface area contributed by atoms with Gasteiger partial charge in [0.25, 0.3) is 0 Å². The first-order valence-corrected chi connectivity index (χ1v) is 8.24.